The highest BCUT2D eigenvalue weighted by Gasteiger charge is 2.50. The standard InChI is InChI=1S/C22H44P2/c1-6-11-12-15-20(23-18-13-16-21(23,7-2)8-3)24-19-14-17-22(24,9-4)10-5/h20H,6-19H2,1-5H3. The second-order valence-electron chi connectivity index (χ2n) is 8.43. The lowest BCUT2D eigenvalue weighted by Crippen LogP contribution is -2.30. The zero-order valence-electron chi connectivity index (χ0n) is 17.4. The van der Waals surface area contributed by atoms with E-state index in [0.29, 0.717) is 0 Å². The van der Waals surface area contributed by atoms with Crippen LogP contribution in [0.1, 0.15) is 112 Å². The van der Waals surface area contributed by atoms with E-state index in [2.05, 4.69) is 34.6 Å². The molecule has 2 saturated heterocycles. The van der Waals surface area contributed by atoms with E-state index < -0.39 is 0 Å². The molecule has 2 unspecified atom stereocenters. The lowest BCUT2D eigenvalue weighted by Gasteiger charge is -2.47. The van der Waals surface area contributed by atoms with Crippen LogP contribution in [0.2, 0.25) is 0 Å². The summed E-state index contributed by atoms with van der Waals surface area (Å²) >= 11 is 0. The fourth-order valence-corrected chi connectivity index (χ4v) is 16.7. The molecule has 142 valence electrons. The van der Waals surface area contributed by atoms with E-state index in [1.165, 1.54) is 44.9 Å². The molecule has 0 spiro atoms. The predicted molar refractivity (Wildman–Crippen MR) is 117 cm³/mol. The first-order chi connectivity index (χ1) is 11.6. The van der Waals surface area contributed by atoms with Crippen LogP contribution in [-0.2, 0) is 0 Å². The van der Waals surface area contributed by atoms with Gasteiger partial charge < -0.3 is 0 Å². The van der Waals surface area contributed by atoms with Crippen LogP contribution in [0, 0.1) is 0 Å². The highest BCUT2D eigenvalue weighted by Crippen LogP contribution is 2.77. The van der Waals surface area contributed by atoms with Gasteiger partial charge in [0.05, 0.1) is 0 Å². The van der Waals surface area contributed by atoms with Crippen LogP contribution in [0.4, 0.5) is 0 Å². The van der Waals surface area contributed by atoms with E-state index >= 15 is 0 Å². The third-order valence-electron chi connectivity index (χ3n) is 7.72. The lowest BCUT2D eigenvalue weighted by atomic mass is 9.97. The molecule has 0 aromatic heterocycles. The maximum absolute atomic E-state index is 2.52. The molecule has 0 bridgehead atoms. The van der Waals surface area contributed by atoms with Gasteiger partial charge in [0, 0.05) is 5.40 Å². The molecule has 2 fully saturated rings. The van der Waals surface area contributed by atoms with Crippen molar-refractivity contribution in [3.8, 4) is 0 Å². The van der Waals surface area contributed by atoms with Gasteiger partial charge >= 0.3 is 0 Å². The molecule has 24 heavy (non-hydrogen) atoms. The molecule has 2 aliphatic rings. The van der Waals surface area contributed by atoms with E-state index in [4.69, 9.17) is 0 Å². The molecule has 2 rings (SSSR count). The lowest BCUT2D eigenvalue weighted by molar-refractivity contribution is 0.509. The highest BCUT2D eigenvalue weighted by atomic mass is 31.2. The molecule has 0 saturated carbocycles. The number of hydrogen-bond acceptors (Lipinski definition) is 0. The third-order valence-corrected chi connectivity index (χ3v) is 17.1. The Balaban J connectivity index is 2.27. The molecular weight excluding hydrogens is 326 g/mol. The molecule has 2 heteroatoms. The highest BCUT2D eigenvalue weighted by molar-refractivity contribution is 7.77. The summed E-state index contributed by atoms with van der Waals surface area (Å²) in [5.41, 5.74) is 0. The molecule has 0 amide bonds. The largest absolute Gasteiger partial charge is 0.0927 e. The molecule has 0 N–H and O–H groups in total. The van der Waals surface area contributed by atoms with Crippen molar-refractivity contribution in [3.05, 3.63) is 0 Å². The van der Waals surface area contributed by atoms with E-state index in [-0.39, 0.29) is 15.8 Å². The summed E-state index contributed by atoms with van der Waals surface area (Å²) < 4.78 is 0. The van der Waals surface area contributed by atoms with Crippen molar-refractivity contribution >= 4 is 15.8 Å². The van der Waals surface area contributed by atoms with Gasteiger partial charge in [-0.2, -0.15) is 0 Å². The quantitative estimate of drug-likeness (QED) is 0.267. The first-order valence-electron chi connectivity index (χ1n) is 11.2. The van der Waals surface area contributed by atoms with Crippen molar-refractivity contribution in [2.45, 2.75) is 127 Å². The monoisotopic (exact) mass is 370 g/mol. The fraction of sp³-hybridized carbons (Fsp3) is 1.00. The van der Waals surface area contributed by atoms with Gasteiger partial charge in [-0.1, -0.05) is 69.7 Å². The van der Waals surface area contributed by atoms with Crippen LogP contribution in [0.25, 0.3) is 0 Å². The zero-order valence-corrected chi connectivity index (χ0v) is 19.2. The van der Waals surface area contributed by atoms with Gasteiger partial charge in [-0.15, -0.1) is 0 Å². The minimum Gasteiger partial charge on any atom is -0.0927 e. The second-order valence-corrected chi connectivity index (χ2v) is 14.8. The average molecular weight is 371 g/mol. The van der Waals surface area contributed by atoms with Gasteiger partial charge in [-0.05, 0) is 80.4 Å². The molecule has 0 radical (unpaired) electrons. The maximum Gasteiger partial charge on any atom is 0.000411 e. The Bertz CT molecular complexity index is 327. The second kappa shape index (κ2) is 9.70. The van der Waals surface area contributed by atoms with Gasteiger partial charge in [0.2, 0.25) is 0 Å². The van der Waals surface area contributed by atoms with Crippen LogP contribution in [-0.4, -0.2) is 28.0 Å². The Kier molecular flexibility index (Phi) is 8.55. The summed E-state index contributed by atoms with van der Waals surface area (Å²) in [6.45, 7) is 12.4. The first kappa shape index (κ1) is 21.2. The van der Waals surface area contributed by atoms with Gasteiger partial charge in [0.25, 0.3) is 0 Å². The van der Waals surface area contributed by atoms with Crippen LogP contribution < -0.4 is 0 Å². The summed E-state index contributed by atoms with van der Waals surface area (Å²) in [5, 5.41) is 2.70. The summed E-state index contributed by atoms with van der Waals surface area (Å²) in [6.07, 6.45) is 21.3. The van der Waals surface area contributed by atoms with E-state index in [0.717, 1.165) is 15.7 Å². The smallest absolute Gasteiger partial charge is 0.000411 e. The maximum atomic E-state index is 2.52. The molecule has 0 aromatic carbocycles. The van der Waals surface area contributed by atoms with Crippen molar-refractivity contribution in [3.63, 3.8) is 0 Å². The first-order valence-corrected chi connectivity index (χ1v) is 14.4. The number of rotatable bonds is 10. The molecule has 2 aliphatic heterocycles. The van der Waals surface area contributed by atoms with Crippen LogP contribution in [0.5, 0.6) is 0 Å². The van der Waals surface area contributed by atoms with Crippen molar-refractivity contribution in [2.75, 3.05) is 12.3 Å². The van der Waals surface area contributed by atoms with Crippen LogP contribution in [0.15, 0.2) is 0 Å². The Labute approximate surface area is 155 Å². The molecule has 2 atom stereocenters. The van der Waals surface area contributed by atoms with Crippen molar-refractivity contribution in [1.82, 2.24) is 0 Å². The summed E-state index contributed by atoms with van der Waals surface area (Å²) in [6, 6.07) is 0. The summed E-state index contributed by atoms with van der Waals surface area (Å²) in [5.74, 6) is 0. The van der Waals surface area contributed by atoms with Gasteiger partial charge in [0.1, 0.15) is 0 Å². The Hall–Kier alpha value is 0.860. The molecule has 2 heterocycles. The topological polar surface area (TPSA) is 0 Å². The molecular formula is C22H44P2. The number of unbranched alkanes of at least 4 members (excludes halogenated alkanes) is 2. The Morgan fingerprint density at radius 3 is 1.54 bits per heavy atom. The van der Waals surface area contributed by atoms with E-state index in [1.807, 2.05) is 0 Å². The average Bonchev–Trinajstić information content (AvgIpc) is 3.24. The molecule has 0 aromatic rings. The van der Waals surface area contributed by atoms with Crippen molar-refractivity contribution < 1.29 is 0 Å². The van der Waals surface area contributed by atoms with Crippen molar-refractivity contribution in [2.24, 2.45) is 0 Å². The fourth-order valence-electron chi connectivity index (χ4n) is 5.93. The van der Waals surface area contributed by atoms with Gasteiger partial charge in [-0.25, -0.2) is 0 Å². The zero-order chi connectivity index (χ0) is 17.6. The Morgan fingerprint density at radius 1 is 0.708 bits per heavy atom. The van der Waals surface area contributed by atoms with Crippen LogP contribution >= 0.6 is 15.8 Å². The molecule has 0 nitrogen and oxygen atoms in total. The van der Waals surface area contributed by atoms with Crippen LogP contribution in [0.3, 0.4) is 0 Å². The molecule has 0 aliphatic carbocycles. The Morgan fingerprint density at radius 2 is 1.17 bits per heavy atom. The number of hydrogen-bond donors (Lipinski definition) is 0. The summed E-state index contributed by atoms with van der Waals surface area (Å²) in [4.78, 5) is 0. The van der Waals surface area contributed by atoms with Gasteiger partial charge in [0.15, 0.2) is 0 Å². The van der Waals surface area contributed by atoms with Gasteiger partial charge in [-0.3, -0.25) is 0 Å². The minimum absolute atomic E-state index is 0.275. The van der Waals surface area contributed by atoms with E-state index in [9.17, 15) is 0 Å². The predicted octanol–water partition coefficient (Wildman–Crippen LogP) is 8.56. The normalized spacial score (nSPS) is 29.9. The SMILES string of the molecule is CCCCCC(P1CCCC1(CC)CC)P1CCCC1(CC)CC. The third kappa shape index (κ3) is 4.06. The summed E-state index contributed by atoms with van der Waals surface area (Å²) in [7, 11) is 0.550. The van der Waals surface area contributed by atoms with E-state index in [1.54, 1.807) is 44.4 Å². The minimum atomic E-state index is 0.275. The van der Waals surface area contributed by atoms with Crippen molar-refractivity contribution in [1.29, 1.82) is 0 Å².